The molecule has 1 heterocycles. The molecule has 0 aliphatic heterocycles. The van der Waals surface area contributed by atoms with Gasteiger partial charge in [0.05, 0.1) is 22.6 Å². The number of rotatable bonds is 6. The first-order valence-electron chi connectivity index (χ1n) is 8.69. The van der Waals surface area contributed by atoms with Crippen molar-refractivity contribution in [1.82, 2.24) is 10.3 Å². The Bertz CT molecular complexity index is 932. The van der Waals surface area contributed by atoms with E-state index in [1.165, 1.54) is 11.8 Å². The summed E-state index contributed by atoms with van der Waals surface area (Å²) < 4.78 is 0. The van der Waals surface area contributed by atoms with Gasteiger partial charge in [0.15, 0.2) is 0 Å². The van der Waals surface area contributed by atoms with Crippen molar-refractivity contribution in [3.8, 4) is 6.07 Å². The number of benzene rings is 1. The van der Waals surface area contributed by atoms with E-state index in [9.17, 15) is 14.9 Å². The lowest BCUT2D eigenvalue weighted by Crippen LogP contribution is -2.27. The van der Waals surface area contributed by atoms with Crippen LogP contribution < -0.4 is 10.6 Å². The predicted molar refractivity (Wildman–Crippen MR) is 105 cm³/mol. The zero-order valence-electron chi connectivity index (χ0n) is 15.2. The highest BCUT2D eigenvalue weighted by molar-refractivity contribution is 8.00. The fourth-order valence-electron chi connectivity index (χ4n) is 2.64. The van der Waals surface area contributed by atoms with Gasteiger partial charge in [-0.2, -0.15) is 5.26 Å². The zero-order chi connectivity index (χ0) is 19.4. The Hall–Kier alpha value is -2.85. The van der Waals surface area contributed by atoms with Crippen molar-refractivity contribution in [2.75, 3.05) is 11.1 Å². The number of carbonyl (C=O) groups is 2. The molecule has 1 aliphatic carbocycles. The highest BCUT2D eigenvalue weighted by Crippen LogP contribution is 2.25. The van der Waals surface area contributed by atoms with Crippen molar-refractivity contribution < 1.29 is 9.59 Å². The van der Waals surface area contributed by atoms with Gasteiger partial charge < -0.3 is 10.6 Å². The van der Waals surface area contributed by atoms with Crippen molar-refractivity contribution in [2.24, 2.45) is 0 Å². The van der Waals surface area contributed by atoms with Gasteiger partial charge in [0, 0.05) is 11.7 Å². The van der Waals surface area contributed by atoms with Crippen LogP contribution in [0.5, 0.6) is 0 Å². The molecule has 6 nitrogen and oxygen atoms in total. The molecule has 2 N–H and O–H groups in total. The SMILES string of the molecule is Cc1cc(C)c(C#N)c(SCC(=O)Nc2ccccc2C(=O)NC2CC2)n1. The molecule has 1 saturated carbocycles. The van der Waals surface area contributed by atoms with Crippen molar-refractivity contribution in [2.45, 2.75) is 37.8 Å². The normalized spacial score (nSPS) is 12.9. The molecule has 27 heavy (non-hydrogen) atoms. The van der Waals surface area contributed by atoms with Crippen molar-refractivity contribution >= 4 is 29.3 Å². The predicted octanol–water partition coefficient (Wildman–Crippen LogP) is 3.19. The Balaban J connectivity index is 1.67. The summed E-state index contributed by atoms with van der Waals surface area (Å²) >= 11 is 1.22. The summed E-state index contributed by atoms with van der Waals surface area (Å²) in [6.07, 6.45) is 2.00. The number of para-hydroxylation sites is 1. The Kier molecular flexibility index (Phi) is 5.77. The third kappa shape index (κ3) is 4.86. The Morgan fingerprint density at radius 1 is 1.30 bits per heavy atom. The Morgan fingerprint density at radius 3 is 2.74 bits per heavy atom. The topological polar surface area (TPSA) is 94.9 Å². The summed E-state index contributed by atoms with van der Waals surface area (Å²) in [6, 6.07) is 11.2. The average molecular weight is 380 g/mol. The van der Waals surface area contributed by atoms with E-state index >= 15 is 0 Å². The molecule has 138 valence electrons. The first-order chi connectivity index (χ1) is 13.0. The lowest BCUT2D eigenvalue weighted by molar-refractivity contribution is -0.113. The molecule has 2 amide bonds. The molecule has 0 saturated heterocycles. The first kappa shape index (κ1) is 18.9. The number of nitrogens with one attached hydrogen (secondary N) is 2. The minimum atomic E-state index is -0.253. The van der Waals surface area contributed by atoms with Crippen LogP contribution in [0.1, 0.15) is 40.0 Å². The summed E-state index contributed by atoms with van der Waals surface area (Å²) in [6.45, 7) is 3.71. The smallest absolute Gasteiger partial charge is 0.253 e. The summed E-state index contributed by atoms with van der Waals surface area (Å²) in [7, 11) is 0. The maximum absolute atomic E-state index is 12.4. The summed E-state index contributed by atoms with van der Waals surface area (Å²) in [4.78, 5) is 29.1. The van der Waals surface area contributed by atoms with Crippen LogP contribution in [0, 0.1) is 25.2 Å². The fourth-order valence-corrected chi connectivity index (χ4v) is 3.54. The number of nitrogens with zero attached hydrogens (tertiary/aromatic N) is 2. The summed E-state index contributed by atoms with van der Waals surface area (Å²) in [5, 5.41) is 15.6. The molecule has 0 radical (unpaired) electrons. The number of nitriles is 1. The number of anilines is 1. The molecule has 0 spiro atoms. The standard InChI is InChI=1S/C20H20N4O2S/c1-12-9-13(2)22-20(16(12)10-21)27-11-18(25)24-17-6-4-3-5-15(17)19(26)23-14-7-8-14/h3-6,9,14H,7-8,11H2,1-2H3,(H,23,26)(H,24,25). The number of thioether (sulfide) groups is 1. The second-order valence-corrected chi connectivity index (χ2v) is 7.47. The van der Waals surface area contributed by atoms with Gasteiger partial charge in [0.2, 0.25) is 5.91 Å². The number of hydrogen-bond donors (Lipinski definition) is 2. The molecule has 0 atom stereocenters. The van der Waals surface area contributed by atoms with Gasteiger partial charge in [-0.15, -0.1) is 0 Å². The van der Waals surface area contributed by atoms with E-state index in [4.69, 9.17) is 0 Å². The molecule has 2 aromatic rings. The monoisotopic (exact) mass is 380 g/mol. The highest BCUT2D eigenvalue weighted by Gasteiger charge is 2.25. The molecule has 7 heteroatoms. The molecule has 1 aromatic heterocycles. The van der Waals surface area contributed by atoms with Crippen molar-refractivity contribution in [3.05, 3.63) is 52.7 Å². The number of hydrogen-bond acceptors (Lipinski definition) is 5. The number of aryl methyl sites for hydroxylation is 2. The number of amides is 2. The van der Waals surface area contributed by atoms with Gasteiger partial charge in [-0.25, -0.2) is 4.98 Å². The maximum Gasteiger partial charge on any atom is 0.253 e. The number of carbonyl (C=O) groups excluding carboxylic acids is 2. The summed E-state index contributed by atoms with van der Waals surface area (Å²) in [5.41, 5.74) is 3.06. The first-order valence-corrected chi connectivity index (χ1v) is 9.67. The van der Waals surface area contributed by atoms with Crippen molar-refractivity contribution in [3.63, 3.8) is 0 Å². The van der Waals surface area contributed by atoms with Crippen LogP contribution in [0.15, 0.2) is 35.4 Å². The average Bonchev–Trinajstić information content (AvgIpc) is 3.44. The number of pyridine rings is 1. The van der Waals surface area contributed by atoms with E-state index in [0.717, 1.165) is 24.1 Å². The minimum Gasteiger partial charge on any atom is -0.349 e. The summed E-state index contributed by atoms with van der Waals surface area (Å²) in [5.74, 6) is -0.330. The molecular formula is C20H20N4O2S. The lowest BCUT2D eigenvalue weighted by Gasteiger charge is -2.11. The number of aromatic nitrogens is 1. The quantitative estimate of drug-likeness (QED) is 0.751. The minimum absolute atomic E-state index is 0.100. The van der Waals surface area contributed by atoms with Crippen LogP contribution in [0.2, 0.25) is 0 Å². The van der Waals surface area contributed by atoms with Crippen LogP contribution in [0.3, 0.4) is 0 Å². The molecule has 1 aromatic carbocycles. The molecular weight excluding hydrogens is 360 g/mol. The lowest BCUT2D eigenvalue weighted by atomic mass is 10.1. The maximum atomic E-state index is 12.4. The third-order valence-corrected chi connectivity index (χ3v) is 5.10. The van der Waals surface area contributed by atoms with Crippen LogP contribution in [0.4, 0.5) is 5.69 Å². The van der Waals surface area contributed by atoms with Crippen molar-refractivity contribution in [1.29, 1.82) is 5.26 Å². The fraction of sp³-hybridized carbons (Fsp3) is 0.300. The molecule has 1 aliphatic rings. The zero-order valence-corrected chi connectivity index (χ0v) is 16.0. The Labute approximate surface area is 162 Å². The molecule has 1 fully saturated rings. The van der Waals surface area contributed by atoms with Gasteiger partial charge in [-0.3, -0.25) is 9.59 Å². The largest absolute Gasteiger partial charge is 0.349 e. The van der Waals surface area contributed by atoms with E-state index in [1.54, 1.807) is 24.3 Å². The second-order valence-electron chi connectivity index (χ2n) is 6.50. The molecule has 0 bridgehead atoms. The van der Waals surface area contributed by atoms with Gasteiger partial charge in [0.1, 0.15) is 11.1 Å². The second kappa shape index (κ2) is 8.23. The van der Waals surface area contributed by atoms with E-state index in [2.05, 4.69) is 21.7 Å². The Morgan fingerprint density at radius 2 is 2.04 bits per heavy atom. The van der Waals surface area contributed by atoms with E-state index in [-0.39, 0.29) is 23.6 Å². The van der Waals surface area contributed by atoms with Crippen LogP contribution in [-0.4, -0.2) is 28.6 Å². The van der Waals surface area contributed by atoms with Gasteiger partial charge >= 0.3 is 0 Å². The van der Waals surface area contributed by atoms with E-state index in [0.29, 0.717) is 21.8 Å². The van der Waals surface area contributed by atoms with Crippen LogP contribution >= 0.6 is 11.8 Å². The van der Waals surface area contributed by atoms with E-state index < -0.39 is 0 Å². The van der Waals surface area contributed by atoms with Gasteiger partial charge in [-0.1, -0.05) is 23.9 Å². The molecule has 3 rings (SSSR count). The van der Waals surface area contributed by atoms with Crippen LogP contribution in [0.25, 0.3) is 0 Å². The van der Waals surface area contributed by atoms with E-state index in [1.807, 2.05) is 19.9 Å². The van der Waals surface area contributed by atoms with Gasteiger partial charge in [-0.05, 0) is 50.5 Å². The third-order valence-electron chi connectivity index (χ3n) is 4.12. The highest BCUT2D eigenvalue weighted by atomic mass is 32.2. The van der Waals surface area contributed by atoms with Gasteiger partial charge in [0.25, 0.3) is 5.91 Å². The molecule has 0 unspecified atom stereocenters. The van der Waals surface area contributed by atoms with Crippen LogP contribution in [-0.2, 0) is 4.79 Å².